The fourth-order valence-electron chi connectivity index (χ4n) is 3.06. The Kier molecular flexibility index (Phi) is 13.4. The lowest BCUT2D eigenvalue weighted by molar-refractivity contribution is -0.140. The summed E-state index contributed by atoms with van der Waals surface area (Å²) in [6, 6.07) is 7.13. The van der Waals surface area contributed by atoms with E-state index in [4.69, 9.17) is 9.47 Å². The molecule has 33 heavy (non-hydrogen) atoms. The average molecular weight is 464 g/mol. The molecule has 1 unspecified atom stereocenters. The number of unbranched alkanes of at least 4 members (excludes halogenated alkanes) is 1. The van der Waals surface area contributed by atoms with Gasteiger partial charge in [-0.05, 0) is 24.3 Å². The third-order valence-electron chi connectivity index (χ3n) is 4.79. The summed E-state index contributed by atoms with van der Waals surface area (Å²) >= 11 is 0. The van der Waals surface area contributed by atoms with Crippen LogP contribution in [0.4, 0.5) is 4.79 Å². The van der Waals surface area contributed by atoms with E-state index in [1.54, 1.807) is 0 Å². The first-order valence-electron chi connectivity index (χ1n) is 11.4. The van der Waals surface area contributed by atoms with E-state index >= 15 is 0 Å². The molecular formula is C24H37N3O6. The molecule has 1 aromatic carbocycles. The van der Waals surface area contributed by atoms with Gasteiger partial charge in [-0.2, -0.15) is 0 Å². The predicted octanol–water partition coefficient (Wildman–Crippen LogP) is 1.99. The van der Waals surface area contributed by atoms with Gasteiger partial charge in [0, 0.05) is 20.1 Å². The quantitative estimate of drug-likeness (QED) is 0.270. The fraction of sp³-hybridized carbons (Fsp3) is 0.583. The SMILES string of the molecule is CCCCNC(=O)C(=O)C(Cc1ccccc1)NC(=O)[C@H](CC(C)C)NC(=O)OCCOC. The van der Waals surface area contributed by atoms with E-state index in [9.17, 15) is 19.2 Å². The Morgan fingerprint density at radius 2 is 1.67 bits per heavy atom. The number of hydrogen-bond acceptors (Lipinski definition) is 6. The van der Waals surface area contributed by atoms with Crippen LogP contribution in [0.2, 0.25) is 0 Å². The van der Waals surface area contributed by atoms with Crippen molar-refractivity contribution < 1.29 is 28.7 Å². The molecule has 0 heterocycles. The van der Waals surface area contributed by atoms with Crippen molar-refractivity contribution in [2.75, 3.05) is 26.9 Å². The third kappa shape index (κ3) is 11.5. The highest BCUT2D eigenvalue weighted by molar-refractivity contribution is 6.38. The number of amides is 3. The highest BCUT2D eigenvalue weighted by Gasteiger charge is 2.30. The molecule has 0 spiro atoms. The maximum atomic E-state index is 13.0. The molecule has 0 aliphatic heterocycles. The van der Waals surface area contributed by atoms with E-state index in [0.717, 1.165) is 18.4 Å². The second-order valence-electron chi connectivity index (χ2n) is 8.18. The molecule has 0 aliphatic rings. The normalized spacial score (nSPS) is 12.5. The fourth-order valence-corrected chi connectivity index (χ4v) is 3.06. The van der Waals surface area contributed by atoms with Gasteiger partial charge in [-0.15, -0.1) is 0 Å². The smallest absolute Gasteiger partial charge is 0.407 e. The summed E-state index contributed by atoms with van der Waals surface area (Å²) in [4.78, 5) is 50.4. The van der Waals surface area contributed by atoms with Crippen LogP contribution in [0.1, 0.15) is 45.6 Å². The molecule has 0 saturated heterocycles. The standard InChI is InChI=1S/C24H37N3O6/c1-5-6-12-25-23(30)21(28)19(16-18-10-8-7-9-11-18)26-22(29)20(15-17(2)3)27-24(31)33-14-13-32-4/h7-11,17,19-20H,5-6,12-16H2,1-4H3,(H,25,30)(H,26,29)(H,27,31)/t19?,20-/m0/s1. The monoisotopic (exact) mass is 463 g/mol. The third-order valence-corrected chi connectivity index (χ3v) is 4.79. The van der Waals surface area contributed by atoms with E-state index in [1.165, 1.54) is 7.11 Å². The van der Waals surface area contributed by atoms with Crippen LogP contribution in [0.25, 0.3) is 0 Å². The first kappa shape index (κ1) is 28.1. The summed E-state index contributed by atoms with van der Waals surface area (Å²) in [5, 5.41) is 7.82. The number of nitrogens with one attached hydrogen (secondary N) is 3. The molecule has 1 rings (SSSR count). The summed E-state index contributed by atoms with van der Waals surface area (Å²) in [5.41, 5.74) is 0.796. The summed E-state index contributed by atoms with van der Waals surface area (Å²) in [6.07, 6.45) is 1.36. The molecule has 9 nitrogen and oxygen atoms in total. The molecule has 0 aliphatic carbocycles. The molecule has 3 amide bonds. The van der Waals surface area contributed by atoms with Gasteiger partial charge in [0.25, 0.3) is 5.91 Å². The maximum absolute atomic E-state index is 13.0. The molecule has 9 heteroatoms. The minimum atomic E-state index is -1.07. The van der Waals surface area contributed by atoms with E-state index in [0.29, 0.717) is 13.0 Å². The number of ketones is 1. The van der Waals surface area contributed by atoms with Gasteiger partial charge < -0.3 is 25.4 Å². The Bertz CT molecular complexity index is 754. The number of Topliss-reactive ketones (excluding diaryl/α,β-unsaturated/α-hetero) is 1. The number of benzene rings is 1. The van der Waals surface area contributed by atoms with Gasteiger partial charge in [0.2, 0.25) is 11.7 Å². The Balaban J connectivity index is 2.95. The van der Waals surface area contributed by atoms with Crippen molar-refractivity contribution in [2.45, 2.75) is 58.5 Å². The number of ether oxygens (including phenoxy) is 2. The van der Waals surface area contributed by atoms with E-state index < -0.39 is 35.8 Å². The van der Waals surface area contributed by atoms with Crippen molar-refractivity contribution in [1.29, 1.82) is 0 Å². The molecule has 0 radical (unpaired) electrons. The zero-order chi connectivity index (χ0) is 24.6. The summed E-state index contributed by atoms with van der Waals surface area (Å²) in [7, 11) is 1.48. The first-order chi connectivity index (χ1) is 15.8. The largest absolute Gasteiger partial charge is 0.447 e. The average Bonchev–Trinajstić information content (AvgIpc) is 2.78. The zero-order valence-electron chi connectivity index (χ0n) is 20.0. The Labute approximate surface area is 196 Å². The molecule has 0 saturated carbocycles. The van der Waals surface area contributed by atoms with E-state index in [2.05, 4.69) is 16.0 Å². The van der Waals surface area contributed by atoms with Crippen molar-refractivity contribution in [3.8, 4) is 0 Å². The lowest BCUT2D eigenvalue weighted by Crippen LogP contribution is -2.55. The van der Waals surface area contributed by atoms with Crippen LogP contribution >= 0.6 is 0 Å². The summed E-state index contributed by atoms with van der Waals surface area (Å²) in [5.74, 6) is -1.94. The van der Waals surface area contributed by atoms with Crippen LogP contribution in [0.15, 0.2) is 30.3 Å². The van der Waals surface area contributed by atoms with Gasteiger partial charge in [-0.1, -0.05) is 57.5 Å². The van der Waals surface area contributed by atoms with Crippen molar-refractivity contribution in [2.24, 2.45) is 5.92 Å². The van der Waals surface area contributed by atoms with Gasteiger partial charge in [-0.25, -0.2) is 4.79 Å². The maximum Gasteiger partial charge on any atom is 0.407 e. The van der Waals surface area contributed by atoms with E-state index in [-0.39, 0.29) is 25.6 Å². The van der Waals surface area contributed by atoms with Crippen molar-refractivity contribution in [3.05, 3.63) is 35.9 Å². The van der Waals surface area contributed by atoms with Crippen LogP contribution in [-0.4, -0.2) is 62.6 Å². The molecule has 0 aromatic heterocycles. The van der Waals surface area contributed by atoms with Gasteiger partial charge in [-0.3, -0.25) is 14.4 Å². The minimum absolute atomic E-state index is 0.0470. The molecular weight excluding hydrogens is 426 g/mol. The van der Waals surface area contributed by atoms with Crippen LogP contribution in [0.5, 0.6) is 0 Å². The van der Waals surface area contributed by atoms with Gasteiger partial charge in [0.15, 0.2) is 0 Å². The lowest BCUT2D eigenvalue weighted by atomic mass is 9.99. The minimum Gasteiger partial charge on any atom is -0.447 e. The number of hydrogen-bond donors (Lipinski definition) is 3. The van der Waals surface area contributed by atoms with Crippen LogP contribution < -0.4 is 16.0 Å². The summed E-state index contributed by atoms with van der Waals surface area (Å²) in [6.45, 7) is 6.46. The van der Waals surface area contributed by atoms with Crippen molar-refractivity contribution in [1.82, 2.24) is 16.0 Å². The molecule has 1 aromatic rings. The second-order valence-corrected chi connectivity index (χ2v) is 8.18. The first-order valence-corrected chi connectivity index (χ1v) is 11.4. The molecule has 0 bridgehead atoms. The predicted molar refractivity (Wildman–Crippen MR) is 125 cm³/mol. The van der Waals surface area contributed by atoms with Gasteiger partial charge in [0.05, 0.1) is 6.61 Å². The van der Waals surface area contributed by atoms with Crippen molar-refractivity contribution in [3.63, 3.8) is 0 Å². The number of carbonyl (C=O) groups is 4. The Morgan fingerprint density at radius 1 is 0.970 bits per heavy atom. The van der Waals surface area contributed by atoms with Crippen molar-refractivity contribution >= 4 is 23.7 Å². The van der Waals surface area contributed by atoms with Crippen LogP contribution in [-0.2, 0) is 30.3 Å². The van der Waals surface area contributed by atoms with Gasteiger partial charge in [0.1, 0.15) is 18.7 Å². The highest BCUT2D eigenvalue weighted by Crippen LogP contribution is 2.09. The van der Waals surface area contributed by atoms with Crippen LogP contribution in [0.3, 0.4) is 0 Å². The summed E-state index contributed by atoms with van der Waals surface area (Å²) < 4.78 is 9.84. The molecule has 184 valence electrons. The number of alkyl carbamates (subject to hydrolysis) is 1. The number of rotatable bonds is 15. The number of carbonyl (C=O) groups excluding carboxylic acids is 4. The molecule has 3 N–H and O–H groups in total. The number of methoxy groups -OCH3 is 1. The Hall–Kier alpha value is -2.94. The van der Waals surface area contributed by atoms with E-state index in [1.807, 2.05) is 51.1 Å². The lowest BCUT2D eigenvalue weighted by Gasteiger charge is -2.23. The molecule has 2 atom stereocenters. The van der Waals surface area contributed by atoms with Gasteiger partial charge >= 0.3 is 6.09 Å². The topological polar surface area (TPSA) is 123 Å². The Morgan fingerprint density at radius 3 is 2.27 bits per heavy atom. The molecule has 0 fully saturated rings. The second kappa shape index (κ2) is 15.8. The highest BCUT2D eigenvalue weighted by atomic mass is 16.6. The van der Waals surface area contributed by atoms with Crippen LogP contribution in [0, 0.1) is 5.92 Å². The zero-order valence-corrected chi connectivity index (χ0v) is 20.0.